The van der Waals surface area contributed by atoms with Gasteiger partial charge in [-0.25, -0.2) is 0 Å². The zero-order chi connectivity index (χ0) is 17.9. The first-order valence-electron chi connectivity index (χ1n) is 7.91. The van der Waals surface area contributed by atoms with Crippen molar-refractivity contribution in [2.75, 3.05) is 18.2 Å². The molecule has 1 aliphatic heterocycles. The summed E-state index contributed by atoms with van der Waals surface area (Å²) in [5.74, 6) is 1.08. The second kappa shape index (κ2) is 7.09. The molecule has 7 nitrogen and oxygen atoms in total. The van der Waals surface area contributed by atoms with E-state index >= 15 is 0 Å². The summed E-state index contributed by atoms with van der Waals surface area (Å²) in [5.41, 5.74) is 0.819. The third-order valence-corrected chi connectivity index (χ3v) is 4.59. The van der Waals surface area contributed by atoms with E-state index in [0.717, 1.165) is 10.5 Å². The van der Waals surface area contributed by atoms with Gasteiger partial charge in [0.2, 0.25) is 6.10 Å². The number of hydrogen-bond acceptors (Lipinski definition) is 7. The third kappa shape index (κ3) is 3.23. The maximum Gasteiger partial charge on any atom is 0.322 e. The van der Waals surface area contributed by atoms with Crippen LogP contribution in [0.25, 0.3) is 11.5 Å². The van der Waals surface area contributed by atoms with E-state index in [0.29, 0.717) is 17.4 Å². The van der Waals surface area contributed by atoms with Gasteiger partial charge in [0.1, 0.15) is 6.61 Å². The Bertz CT molecular complexity index is 943. The molecule has 1 amide bonds. The van der Waals surface area contributed by atoms with Gasteiger partial charge in [-0.2, -0.15) is 0 Å². The summed E-state index contributed by atoms with van der Waals surface area (Å²) >= 11 is 1.58. The van der Waals surface area contributed by atoms with Crippen LogP contribution in [-0.2, 0) is 4.79 Å². The molecular formula is C18H15N3O4S. The highest BCUT2D eigenvalue weighted by Crippen LogP contribution is 2.32. The van der Waals surface area contributed by atoms with Gasteiger partial charge in [-0.1, -0.05) is 29.4 Å². The molecule has 4 rings (SSSR count). The van der Waals surface area contributed by atoms with E-state index in [1.54, 1.807) is 23.9 Å². The van der Waals surface area contributed by atoms with Crippen LogP contribution in [0.15, 0.2) is 57.8 Å². The van der Waals surface area contributed by atoms with Crippen molar-refractivity contribution in [1.82, 2.24) is 10.2 Å². The number of anilines is 1. The summed E-state index contributed by atoms with van der Waals surface area (Å²) in [7, 11) is 0. The van der Waals surface area contributed by atoms with Crippen LogP contribution >= 0.6 is 11.8 Å². The lowest BCUT2D eigenvalue weighted by atomic mass is 10.2. The number of benzene rings is 2. The molecule has 1 atom stereocenters. The number of amides is 1. The molecule has 1 N–H and O–H groups in total. The van der Waals surface area contributed by atoms with Crippen LogP contribution in [-0.4, -0.2) is 35.1 Å². The average Bonchev–Trinajstić information content (AvgIpc) is 3.15. The molecule has 3 aromatic rings. The number of carbonyl (C=O) groups excluding carboxylic acids is 1. The van der Waals surface area contributed by atoms with Crippen LogP contribution in [0.1, 0.15) is 0 Å². The highest BCUT2D eigenvalue weighted by atomic mass is 32.2. The topological polar surface area (TPSA) is 86.5 Å². The lowest BCUT2D eigenvalue weighted by Gasteiger charge is -2.24. The Labute approximate surface area is 153 Å². The maximum atomic E-state index is 12.4. The van der Waals surface area contributed by atoms with E-state index in [-0.39, 0.29) is 12.6 Å². The molecule has 0 radical (unpaired) electrons. The van der Waals surface area contributed by atoms with Crippen molar-refractivity contribution in [2.45, 2.75) is 11.0 Å². The minimum atomic E-state index is -0.793. The largest absolute Gasteiger partial charge is 0.485 e. The number of fused-ring (bicyclic) bond motifs is 1. The number of nitrogens with one attached hydrogen (secondary N) is 1. The molecular weight excluding hydrogens is 354 g/mol. The van der Waals surface area contributed by atoms with E-state index in [4.69, 9.17) is 13.9 Å². The van der Waals surface area contributed by atoms with Crippen molar-refractivity contribution in [3.63, 3.8) is 0 Å². The molecule has 0 spiro atoms. The third-order valence-electron chi connectivity index (χ3n) is 3.79. The molecule has 0 fully saturated rings. The Balaban J connectivity index is 1.47. The molecule has 1 aliphatic rings. The Kier molecular flexibility index (Phi) is 4.49. The first kappa shape index (κ1) is 16.5. The van der Waals surface area contributed by atoms with Crippen LogP contribution in [0.2, 0.25) is 0 Å². The summed E-state index contributed by atoms with van der Waals surface area (Å²) in [6.45, 7) is 0.110. The van der Waals surface area contributed by atoms with Crippen molar-refractivity contribution in [3.8, 4) is 23.0 Å². The lowest BCUT2D eigenvalue weighted by molar-refractivity contribution is -0.125. The summed E-state index contributed by atoms with van der Waals surface area (Å²) < 4.78 is 16.8. The lowest BCUT2D eigenvalue weighted by Crippen LogP contribution is -2.40. The number of ether oxygens (including phenoxy) is 2. The first-order valence-corrected chi connectivity index (χ1v) is 9.13. The zero-order valence-electron chi connectivity index (χ0n) is 13.8. The number of carbonyl (C=O) groups is 1. The monoisotopic (exact) mass is 369 g/mol. The van der Waals surface area contributed by atoms with Gasteiger partial charge in [0.05, 0.1) is 5.56 Å². The Hall–Kier alpha value is -3.00. The Morgan fingerprint density at radius 2 is 1.88 bits per heavy atom. The van der Waals surface area contributed by atoms with Crippen molar-refractivity contribution in [2.24, 2.45) is 0 Å². The number of para-hydroxylation sites is 2. The molecule has 0 saturated heterocycles. The first-order chi connectivity index (χ1) is 12.7. The molecule has 132 valence electrons. The van der Waals surface area contributed by atoms with Gasteiger partial charge in [-0.15, -0.1) is 16.9 Å². The van der Waals surface area contributed by atoms with Crippen LogP contribution in [0.5, 0.6) is 11.5 Å². The van der Waals surface area contributed by atoms with Crippen LogP contribution < -0.4 is 14.8 Å². The van der Waals surface area contributed by atoms with Gasteiger partial charge >= 0.3 is 6.01 Å². The molecule has 2 heterocycles. The van der Waals surface area contributed by atoms with Crippen LogP contribution in [0.4, 0.5) is 6.01 Å². The van der Waals surface area contributed by atoms with E-state index in [1.165, 1.54) is 0 Å². The van der Waals surface area contributed by atoms with Crippen LogP contribution in [0, 0.1) is 0 Å². The Morgan fingerprint density at radius 3 is 2.73 bits per heavy atom. The SMILES string of the molecule is CSc1ccccc1-c1nnc(NC(=O)[C@@H]2COc3ccccc3O2)o1. The van der Waals surface area contributed by atoms with E-state index in [1.807, 2.05) is 42.7 Å². The molecule has 0 unspecified atom stereocenters. The van der Waals surface area contributed by atoms with Gasteiger partial charge < -0.3 is 13.9 Å². The van der Waals surface area contributed by atoms with E-state index < -0.39 is 12.0 Å². The van der Waals surface area contributed by atoms with Gasteiger partial charge in [0, 0.05) is 4.90 Å². The molecule has 1 aromatic heterocycles. The van der Waals surface area contributed by atoms with E-state index in [9.17, 15) is 4.79 Å². The number of rotatable bonds is 4. The number of thioether (sulfide) groups is 1. The standard InChI is InChI=1S/C18H15N3O4S/c1-26-15-9-5-2-6-11(15)17-20-21-18(25-17)19-16(22)14-10-23-12-7-3-4-8-13(12)24-14/h2-9,14H,10H2,1H3,(H,19,21,22)/t14-/m0/s1. The fraction of sp³-hybridized carbons (Fsp3) is 0.167. The summed E-state index contributed by atoms with van der Waals surface area (Å²) in [4.78, 5) is 13.4. The second-order valence-electron chi connectivity index (χ2n) is 5.47. The summed E-state index contributed by atoms with van der Waals surface area (Å²) in [5, 5.41) is 10.5. The molecule has 8 heteroatoms. The minimum absolute atomic E-state index is 0.0170. The highest BCUT2D eigenvalue weighted by Gasteiger charge is 2.28. The normalized spacial score (nSPS) is 15.5. The van der Waals surface area contributed by atoms with Crippen LogP contribution in [0.3, 0.4) is 0 Å². The van der Waals surface area contributed by atoms with Crippen molar-refractivity contribution in [1.29, 1.82) is 0 Å². The van der Waals surface area contributed by atoms with Gasteiger partial charge in [-0.3, -0.25) is 10.1 Å². The molecule has 0 aliphatic carbocycles. The predicted octanol–water partition coefficient (Wildman–Crippen LogP) is 3.24. The second-order valence-corrected chi connectivity index (χ2v) is 6.31. The smallest absolute Gasteiger partial charge is 0.322 e. The minimum Gasteiger partial charge on any atom is -0.485 e. The predicted molar refractivity (Wildman–Crippen MR) is 96.5 cm³/mol. The fourth-order valence-electron chi connectivity index (χ4n) is 2.54. The molecule has 0 saturated carbocycles. The van der Waals surface area contributed by atoms with E-state index in [2.05, 4.69) is 15.5 Å². The summed E-state index contributed by atoms with van der Waals surface area (Å²) in [6.07, 6.45) is 1.18. The average molecular weight is 369 g/mol. The van der Waals surface area contributed by atoms with Gasteiger partial charge in [0.15, 0.2) is 11.5 Å². The van der Waals surface area contributed by atoms with Crippen molar-refractivity contribution in [3.05, 3.63) is 48.5 Å². The molecule has 26 heavy (non-hydrogen) atoms. The zero-order valence-corrected chi connectivity index (χ0v) is 14.7. The number of nitrogens with zero attached hydrogens (tertiary/aromatic N) is 2. The Morgan fingerprint density at radius 1 is 1.12 bits per heavy atom. The van der Waals surface area contributed by atoms with Gasteiger partial charge in [0.25, 0.3) is 11.8 Å². The maximum absolute atomic E-state index is 12.4. The fourth-order valence-corrected chi connectivity index (χ4v) is 3.13. The summed E-state index contributed by atoms with van der Waals surface area (Å²) in [6, 6.07) is 14.9. The quantitative estimate of drug-likeness (QED) is 0.707. The van der Waals surface area contributed by atoms with Crippen molar-refractivity contribution < 1.29 is 18.7 Å². The van der Waals surface area contributed by atoms with Crippen molar-refractivity contribution >= 4 is 23.7 Å². The highest BCUT2D eigenvalue weighted by molar-refractivity contribution is 7.98. The number of aromatic nitrogens is 2. The van der Waals surface area contributed by atoms with Gasteiger partial charge in [-0.05, 0) is 30.5 Å². The molecule has 2 aromatic carbocycles. The molecule has 0 bridgehead atoms. The number of hydrogen-bond donors (Lipinski definition) is 1.